The van der Waals surface area contributed by atoms with Crippen LogP contribution in [-0.2, 0) is 6.61 Å². The maximum absolute atomic E-state index is 9.03. The van der Waals surface area contributed by atoms with E-state index in [1.54, 1.807) is 7.11 Å². The molecule has 0 saturated heterocycles. The average Bonchev–Trinajstić information content (AvgIpc) is 2.06. The number of aliphatic hydroxyl groups excluding tert-OH is 1. The van der Waals surface area contributed by atoms with Crippen LogP contribution in [0.15, 0.2) is 16.6 Å². The van der Waals surface area contributed by atoms with E-state index in [-0.39, 0.29) is 6.61 Å². The fourth-order valence-corrected chi connectivity index (χ4v) is 1.78. The van der Waals surface area contributed by atoms with Gasteiger partial charge in [-0.05, 0) is 40.0 Å². The van der Waals surface area contributed by atoms with Gasteiger partial charge in [0.15, 0.2) is 0 Å². The molecule has 0 radical (unpaired) electrons. The van der Waals surface area contributed by atoms with Crippen molar-refractivity contribution in [3.63, 3.8) is 0 Å². The van der Waals surface area contributed by atoms with Crippen molar-refractivity contribution in [3.05, 3.63) is 27.7 Å². The van der Waals surface area contributed by atoms with Gasteiger partial charge in [-0.15, -0.1) is 0 Å². The zero-order valence-corrected chi connectivity index (χ0v) is 8.68. The second-order valence-corrected chi connectivity index (χ2v) is 3.33. The Balaban J connectivity index is 3.24. The van der Waals surface area contributed by atoms with Crippen LogP contribution in [0, 0.1) is 6.92 Å². The lowest BCUT2D eigenvalue weighted by atomic mass is 10.1. The van der Waals surface area contributed by atoms with Crippen molar-refractivity contribution < 1.29 is 9.84 Å². The number of hydrogen-bond acceptors (Lipinski definition) is 2. The smallest absolute Gasteiger partial charge is 0.133 e. The summed E-state index contributed by atoms with van der Waals surface area (Å²) in [6.07, 6.45) is 0. The second-order valence-electron chi connectivity index (χ2n) is 2.54. The summed E-state index contributed by atoms with van der Waals surface area (Å²) in [4.78, 5) is 0. The Bertz CT molecular complexity index is 284. The van der Waals surface area contributed by atoms with E-state index in [2.05, 4.69) is 15.9 Å². The van der Waals surface area contributed by atoms with Crippen LogP contribution >= 0.6 is 15.9 Å². The van der Waals surface area contributed by atoms with Gasteiger partial charge in [0.2, 0.25) is 0 Å². The number of ether oxygens (including phenoxy) is 1. The molecule has 66 valence electrons. The molecule has 0 aliphatic carbocycles. The van der Waals surface area contributed by atoms with E-state index in [4.69, 9.17) is 9.84 Å². The molecule has 0 fully saturated rings. The van der Waals surface area contributed by atoms with Crippen molar-refractivity contribution >= 4 is 15.9 Å². The molecule has 0 unspecified atom stereocenters. The van der Waals surface area contributed by atoms with Gasteiger partial charge < -0.3 is 9.84 Å². The molecule has 0 bridgehead atoms. The molecule has 1 N–H and O–H groups in total. The standard InChI is InChI=1S/C9H11BrO2/c1-6-3-4-8(12-2)9(10)7(6)5-11/h3-4,11H,5H2,1-2H3. The number of rotatable bonds is 2. The largest absolute Gasteiger partial charge is 0.496 e. The van der Waals surface area contributed by atoms with Gasteiger partial charge in [0, 0.05) is 0 Å². The van der Waals surface area contributed by atoms with Crippen molar-refractivity contribution in [2.75, 3.05) is 7.11 Å². The molecule has 0 aliphatic heterocycles. The summed E-state index contributed by atoms with van der Waals surface area (Å²) in [7, 11) is 1.61. The maximum Gasteiger partial charge on any atom is 0.133 e. The number of halogens is 1. The minimum atomic E-state index is 0.0314. The van der Waals surface area contributed by atoms with Crippen LogP contribution in [-0.4, -0.2) is 12.2 Å². The topological polar surface area (TPSA) is 29.5 Å². The molecular formula is C9H11BrO2. The van der Waals surface area contributed by atoms with E-state index >= 15 is 0 Å². The Morgan fingerprint density at radius 1 is 1.50 bits per heavy atom. The Kier molecular flexibility index (Phi) is 3.12. The Morgan fingerprint density at radius 2 is 2.17 bits per heavy atom. The van der Waals surface area contributed by atoms with Crippen LogP contribution < -0.4 is 4.74 Å². The molecule has 3 heteroatoms. The normalized spacial score (nSPS) is 10.0. The highest BCUT2D eigenvalue weighted by Crippen LogP contribution is 2.30. The number of benzene rings is 1. The minimum Gasteiger partial charge on any atom is -0.496 e. The first-order valence-electron chi connectivity index (χ1n) is 3.63. The quantitative estimate of drug-likeness (QED) is 0.845. The third kappa shape index (κ3) is 1.62. The van der Waals surface area contributed by atoms with Gasteiger partial charge in [-0.2, -0.15) is 0 Å². The fourth-order valence-electron chi connectivity index (χ4n) is 1.05. The van der Waals surface area contributed by atoms with Crippen LogP contribution in [0.3, 0.4) is 0 Å². The molecule has 0 saturated carbocycles. The molecule has 0 amide bonds. The van der Waals surface area contributed by atoms with Gasteiger partial charge in [-0.3, -0.25) is 0 Å². The molecule has 0 heterocycles. The molecule has 1 aromatic rings. The molecule has 12 heavy (non-hydrogen) atoms. The van der Waals surface area contributed by atoms with E-state index in [1.165, 1.54) is 0 Å². The number of methoxy groups -OCH3 is 1. The van der Waals surface area contributed by atoms with E-state index in [0.717, 1.165) is 21.3 Å². The predicted octanol–water partition coefficient (Wildman–Crippen LogP) is 2.26. The Hall–Kier alpha value is -0.540. The lowest BCUT2D eigenvalue weighted by molar-refractivity contribution is 0.279. The van der Waals surface area contributed by atoms with Crippen molar-refractivity contribution in [3.8, 4) is 5.75 Å². The lowest BCUT2D eigenvalue weighted by Gasteiger charge is -2.09. The van der Waals surface area contributed by atoms with Gasteiger partial charge in [-0.1, -0.05) is 6.07 Å². The first-order valence-corrected chi connectivity index (χ1v) is 4.42. The van der Waals surface area contributed by atoms with Crippen LogP contribution in [0.2, 0.25) is 0 Å². The van der Waals surface area contributed by atoms with Crippen LogP contribution in [0.1, 0.15) is 11.1 Å². The molecule has 1 aromatic carbocycles. The van der Waals surface area contributed by atoms with Gasteiger partial charge in [0.1, 0.15) is 5.75 Å². The summed E-state index contributed by atoms with van der Waals surface area (Å²) in [6.45, 7) is 1.99. The highest BCUT2D eigenvalue weighted by Gasteiger charge is 2.07. The molecule has 0 atom stereocenters. The van der Waals surface area contributed by atoms with Gasteiger partial charge in [-0.25, -0.2) is 0 Å². The number of hydrogen-bond donors (Lipinski definition) is 1. The van der Waals surface area contributed by atoms with Gasteiger partial charge in [0.25, 0.3) is 0 Å². The van der Waals surface area contributed by atoms with E-state index in [0.29, 0.717) is 0 Å². The number of aryl methyl sites for hydroxylation is 1. The zero-order chi connectivity index (χ0) is 9.14. The average molecular weight is 231 g/mol. The summed E-state index contributed by atoms with van der Waals surface area (Å²) < 4.78 is 5.92. The molecule has 2 nitrogen and oxygen atoms in total. The molecular weight excluding hydrogens is 220 g/mol. The van der Waals surface area contributed by atoms with Crippen molar-refractivity contribution in [1.82, 2.24) is 0 Å². The highest BCUT2D eigenvalue weighted by atomic mass is 79.9. The van der Waals surface area contributed by atoms with Crippen LogP contribution in [0.4, 0.5) is 0 Å². The summed E-state index contributed by atoms with van der Waals surface area (Å²) >= 11 is 3.37. The first kappa shape index (κ1) is 9.55. The van der Waals surface area contributed by atoms with Gasteiger partial charge in [0.05, 0.1) is 18.2 Å². The lowest BCUT2D eigenvalue weighted by Crippen LogP contribution is -1.93. The first-order chi connectivity index (χ1) is 5.70. The van der Waals surface area contributed by atoms with Crippen molar-refractivity contribution in [1.29, 1.82) is 0 Å². The van der Waals surface area contributed by atoms with E-state index in [9.17, 15) is 0 Å². The van der Waals surface area contributed by atoms with Crippen molar-refractivity contribution in [2.45, 2.75) is 13.5 Å². The maximum atomic E-state index is 9.03. The summed E-state index contributed by atoms with van der Waals surface area (Å²) in [5.74, 6) is 0.754. The summed E-state index contributed by atoms with van der Waals surface area (Å²) in [6, 6.07) is 3.80. The Morgan fingerprint density at radius 3 is 2.67 bits per heavy atom. The third-order valence-electron chi connectivity index (χ3n) is 1.82. The monoisotopic (exact) mass is 230 g/mol. The van der Waals surface area contributed by atoms with Gasteiger partial charge >= 0.3 is 0 Å². The van der Waals surface area contributed by atoms with Crippen LogP contribution in [0.5, 0.6) is 5.75 Å². The van der Waals surface area contributed by atoms with Crippen LogP contribution in [0.25, 0.3) is 0 Å². The zero-order valence-electron chi connectivity index (χ0n) is 7.10. The Labute approximate surface area is 80.3 Å². The fraction of sp³-hybridized carbons (Fsp3) is 0.333. The summed E-state index contributed by atoms with van der Waals surface area (Å²) in [5, 5.41) is 9.03. The second kappa shape index (κ2) is 3.92. The van der Waals surface area contributed by atoms with Crippen molar-refractivity contribution in [2.24, 2.45) is 0 Å². The molecule has 0 spiro atoms. The molecule has 0 aliphatic rings. The van der Waals surface area contributed by atoms with E-state index < -0.39 is 0 Å². The predicted molar refractivity (Wildman–Crippen MR) is 51.4 cm³/mol. The number of aliphatic hydroxyl groups is 1. The highest BCUT2D eigenvalue weighted by molar-refractivity contribution is 9.10. The third-order valence-corrected chi connectivity index (χ3v) is 2.69. The van der Waals surface area contributed by atoms with E-state index in [1.807, 2.05) is 19.1 Å². The SMILES string of the molecule is COc1ccc(C)c(CO)c1Br. The molecule has 1 rings (SSSR count). The summed E-state index contributed by atoms with van der Waals surface area (Å²) in [5.41, 5.74) is 1.94. The minimum absolute atomic E-state index is 0.0314. The molecule has 0 aromatic heterocycles.